The summed E-state index contributed by atoms with van der Waals surface area (Å²) in [7, 11) is 0. The molecule has 0 saturated heterocycles. The normalized spacial score (nSPS) is 18.3. The van der Waals surface area contributed by atoms with Gasteiger partial charge in [-0.25, -0.2) is 14.2 Å². The lowest BCUT2D eigenvalue weighted by Crippen LogP contribution is -2.37. The molecule has 6 heteroatoms. The van der Waals surface area contributed by atoms with Crippen molar-refractivity contribution in [1.82, 2.24) is 0 Å². The first kappa shape index (κ1) is 18.7. The van der Waals surface area contributed by atoms with Crippen molar-refractivity contribution in [1.29, 1.82) is 0 Å². The summed E-state index contributed by atoms with van der Waals surface area (Å²) >= 11 is 0. The Morgan fingerprint density at radius 2 is 1.62 bits per heavy atom. The number of hydrogen-bond acceptors (Lipinski definition) is 4. The molecule has 3 aromatic carbocycles. The van der Waals surface area contributed by atoms with E-state index in [1.54, 1.807) is 12.1 Å². The second-order valence-electron chi connectivity index (χ2n) is 6.51. The van der Waals surface area contributed by atoms with Crippen LogP contribution in [-0.2, 0) is 9.47 Å². The van der Waals surface area contributed by atoms with Crippen molar-refractivity contribution in [3.05, 3.63) is 102 Å². The van der Waals surface area contributed by atoms with Gasteiger partial charge < -0.3 is 9.47 Å². The molecule has 3 aromatic rings. The van der Waals surface area contributed by atoms with E-state index >= 15 is 0 Å². The molecule has 0 fully saturated rings. The van der Waals surface area contributed by atoms with Crippen molar-refractivity contribution in [3.63, 3.8) is 0 Å². The van der Waals surface area contributed by atoms with Gasteiger partial charge in [-0.2, -0.15) is 0 Å². The summed E-state index contributed by atoms with van der Waals surface area (Å²) in [5.41, 5.74) is 1.76. The van der Waals surface area contributed by atoms with Crippen molar-refractivity contribution in [2.75, 3.05) is 11.9 Å². The summed E-state index contributed by atoms with van der Waals surface area (Å²) in [6.45, 7) is 0.231. The van der Waals surface area contributed by atoms with Gasteiger partial charge in [-0.15, -0.1) is 0 Å². The van der Waals surface area contributed by atoms with Crippen LogP contribution in [0.2, 0.25) is 0 Å². The third-order valence-electron chi connectivity index (χ3n) is 4.51. The lowest BCUT2D eigenvalue weighted by molar-refractivity contribution is 0.00993. The molecule has 1 heterocycles. The van der Waals surface area contributed by atoms with Gasteiger partial charge in [-0.1, -0.05) is 60.7 Å². The molecule has 5 nitrogen and oxygen atoms in total. The van der Waals surface area contributed by atoms with Crippen LogP contribution in [0.5, 0.6) is 0 Å². The minimum atomic E-state index is -0.761. The number of nitrogens with zero attached hydrogens (tertiary/aromatic N) is 1. The van der Waals surface area contributed by atoms with Gasteiger partial charge in [0.25, 0.3) is 0 Å². The van der Waals surface area contributed by atoms with Gasteiger partial charge in [0.05, 0.1) is 12.2 Å². The van der Waals surface area contributed by atoms with Crippen LogP contribution in [0, 0.1) is 5.82 Å². The van der Waals surface area contributed by atoms with Crippen molar-refractivity contribution in [2.45, 2.75) is 12.2 Å². The lowest BCUT2D eigenvalue weighted by Gasteiger charge is -2.31. The number of carbonyl (C=O) groups excluding carboxylic acids is 1. The molecule has 1 amide bonds. The number of benzene rings is 3. The fourth-order valence-corrected chi connectivity index (χ4v) is 3.11. The average molecular weight is 390 g/mol. The zero-order valence-corrected chi connectivity index (χ0v) is 15.5. The molecule has 0 aromatic heterocycles. The molecule has 2 unspecified atom stereocenters. The summed E-state index contributed by atoms with van der Waals surface area (Å²) in [5.74, 6) is -0.0397. The van der Waals surface area contributed by atoms with E-state index in [0.717, 1.165) is 11.1 Å². The molecule has 29 heavy (non-hydrogen) atoms. The van der Waals surface area contributed by atoms with Crippen LogP contribution in [0.1, 0.15) is 17.2 Å². The number of hydrogen-bond donors (Lipinski definition) is 1. The van der Waals surface area contributed by atoms with Crippen molar-refractivity contribution in [2.24, 2.45) is 4.99 Å². The second kappa shape index (κ2) is 8.56. The number of nitrogens with one attached hydrogen (secondary N) is 1. The Kier molecular flexibility index (Phi) is 5.52. The molecule has 0 spiro atoms. The van der Waals surface area contributed by atoms with Crippen molar-refractivity contribution >= 4 is 17.7 Å². The fraction of sp³-hybridized carbons (Fsp3) is 0.130. The minimum Gasteiger partial charge on any atom is -0.465 e. The Morgan fingerprint density at radius 3 is 2.34 bits per heavy atom. The standard InChI is InChI=1S/C23H19FN2O3/c24-18-13-7-8-14-19(18)26-23(27)28-20-15-25-22(17-11-5-2-6-12-17)29-21(20)16-9-3-1-4-10-16/h1-14,20-21H,15H2,(H,26,27). The molecule has 1 aliphatic rings. The van der Waals surface area contributed by atoms with Crippen molar-refractivity contribution in [3.8, 4) is 0 Å². The van der Waals surface area contributed by atoms with E-state index in [0.29, 0.717) is 5.90 Å². The molecule has 2 atom stereocenters. The number of ether oxygens (including phenoxy) is 2. The van der Waals surface area contributed by atoms with Gasteiger partial charge in [0, 0.05) is 5.56 Å². The zero-order valence-electron chi connectivity index (χ0n) is 15.5. The first-order valence-electron chi connectivity index (χ1n) is 9.24. The van der Waals surface area contributed by atoms with Gasteiger partial charge in [0.2, 0.25) is 5.90 Å². The van der Waals surface area contributed by atoms with Gasteiger partial charge in [-0.3, -0.25) is 5.32 Å². The molecule has 0 aliphatic carbocycles. The number of aliphatic imine (C=N–C) groups is 1. The smallest absolute Gasteiger partial charge is 0.412 e. The predicted octanol–water partition coefficient (Wildman–Crippen LogP) is 4.96. The third kappa shape index (κ3) is 4.43. The molecule has 0 saturated carbocycles. The number of anilines is 1. The summed E-state index contributed by atoms with van der Waals surface area (Å²) in [6.07, 6.45) is -1.95. The number of carbonyl (C=O) groups is 1. The van der Waals surface area contributed by atoms with Crippen LogP contribution >= 0.6 is 0 Å². The molecule has 1 N–H and O–H groups in total. The van der Waals surface area contributed by atoms with Crippen LogP contribution in [0.3, 0.4) is 0 Å². The molecular weight excluding hydrogens is 371 g/mol. The molecule has 0 bridgehead atoms. The summed E-state index contributed by atoms with van der Waals surface area (Å²) < 4.78 is 25.5. The Hall–Kier alpha value is -3.67. The Labute approximate surface area is 167 Å². The fourth-order valence-electron chi connectivity index (χ4n) is 3.11. The van der Waals surface area contributed by atoms with E-state index in [9.17, 15) is 9.18 Å². The maximum Gasteiger partial charge on any atom is 0.412 e. The largest absolute Gasteiger partial charge is 0.465 e. The van der Waals surface area contributed by atoms with Crippen LogP contribution in [0.15, 0.2) is 89.9 Å². The van der Waals surface area contributed by atoms with E-state index in [4.69, 9.17) is 9.47 Å². The van der Waals surface area contributed by atoms with Gasteiger partial charge in [0.1, 0.15) is 5.82 Å². The van der Waals surface area contributed by atoms with E-state index in [1.807, 2.05) is 60.7 Å². The van der Waals surface area contributed by atoms with Crippen LogP contribution < -0.4 is 5.32 Å². The zero-order chi connectivity index (χ0) is 20.1. The lowest BCUT2D eigenvalue weighted by atomic mass is 10.0. The quantitative estimate of drug-likeness (QED) is 0.685. The molecule has 0 radical (unpaired) electrons. The molecule has 4 rings (SSSR count). The monoisotopic (exact) mass is 390 g/mol. The topological polar surface area (TPSA) is 59.9 Å². The third-order valence-corrected chi connectivity index (χ3v) is 4.51. The van der Waals surface area contributed by atoms with Gasteiger partial charge in [-0.05, 0) is 29.8 Å². The van der Waals surface area contributed by atoms with E-state index in [-0.39, 0.29) is 12.2 Å². The second-order valence-corrected chi connectivity index (χ2v) is 6.51. The maximum atomic E-state index is 13.8. The van der Waals surface area contributed by atoms with Gasteiger partial charge in [0.15, 0.2) is 12.2 Å². The highest BCUT2D eigenvalue weighted by Crippen LogP contribution is 2.29. The van der Waals surface area contributed by atoms with Crippen LogP contribution in [0.4, 0.5) is 14.9 Å². The highest BCUT2D eigenvalue weighted by molar-refractivity contribution is 5.94. The predicted molar refractivity (Wildman–Crippen MR) is 108 cm³/mol. The van der Waals surface area contributed by atoms with Crippen LogP contribution in [-0.4, -0.2) is 24.6 Å². The summed E-state index contributed by atoms with van der Waals surface area (Å²) in [6, 6.07) is 25.0. The highest BCUT2D eigenvalue weighted by atomic mass is 19.1. The van der Waals surface area contributed by atoms with E-state index < -0.39 is 24.1 Å². The molecular formula is C23H19FN2O3. The first-order valence-corrected chi connectivity index (χ1v) is 9.24. The number of para-hydroxylation sites is 1. The number of amides is 1. The SMILES string of the molecule is O=C(Nc1ccccc1F)OC1CN=C(c2ccccc2)OC1c1ccccc1. The summed E-state index contributed by atoms with van der Waals surface area (Å²) in [4.78, 5) is 16.8. The number of rotatable bonds is 4. The molecule has 146 valence electrons. The Morgan fingerprint density at radius 1 is 0.966 bits per heavy atom. The van der Waals surface area contributed by atoms with Crippen molar-refractivity contribution < 1.29 is 18.7 Å². The average Bonchev–Trinajstić information content (AvgIpc) is 2.77. The number of halogens is 1. The Balaban J connectivity index is 1.55. The first-order chi connectivity index (χ1) is 14.2. The Bertz CT molecular complexity index is 1010. The maximum absolute atomic E-state index is 13.8. The molecule has 1 aliphatic heterocycles. The van der Waals surface area contributed by atoms with Crippen LogP contribution in [0.25, 0.3) is 0 Å². The minimum absolute atomic E-state index is 0.0546. The van der Waals surface area contributed by atoms with E-state index in [1.165, 1.54) is 12.1 Å². The summed E-state index contributed by atoms with van der Waals surface area (Å²) in [5, 5.41) is 2.43. The van der Waals surface area contributed by atoms with E-state index in [2.05, 4.69) is 10.3 Å². The van der Waals surface area contributed by atoms with Gasteiger partial charge >= 0.3 is 6.09 Å². The highest BCUT2D eigenvalue weighted by Gasteiger charge is 2.33.